The molecule has 0 aromatic carbocycles. The van der Waals surface area contributed by atoms with E-state index in [4.69, 9.17) is 14.2 Å². The molecule has 0 amide bonds. The van der Waals surface area contributed by atoms with E-state index in [1.54, 1.807) is 0 Å². The lowest BCUT2D eigenvalue weighted by Crippen LogP contribution is -2.30. The molecule has 0 radical (unpaired) electrons. The average Bonchev–Trinajstić information content (AvgIpc) is 3.33. The van der Waals surface area contributed by atoms with Crippen molar-refractivity contribution in [1.82, 2.24) is 0 Å². The van der Waals surface area contributed by atoms with Crippen LogP contribution in [0.15, 0.2) is 122 Å². The van der Waals surface area contributed by atoms with Gasteiger partial charge in [-0.15, -0.1) is 0 Å². The van der Waals surface area contributed by atoms with Crippen molar-refractivity contribution in [2.45, 2.75) is 232 Å². The summed E-state index contributed by atoms with van der Waals surface area (Å²) in [6.07, 6.45) is 74.7. The van der Waals surface area contributed by atoms with E-state index in [1.165, 1.54) is 77.0 Å². The maximum absolute atomic E-state index is 12.8. The van der Waals surface area contributed by atoms with Crippen LogP contribution in [0.4, 0.5) is 0 Å². The first kappa shape index (κ1) is 62.8. The fourth-order valence-corrected chi connectivity index (χ4v) is 6.80. The minimum atomic E-state index is -0.831. The number of allylic oxidation sites excluding steroid dienone is 20. The number of ether oxygens (including phenoxy) is 3. The van der Waals surface area contributed by atoms with Gasteiger partial charge in [-0.05, 0) is 135 Å². The summed E-state index contributed by atoms with van der Waals surface area (Å²) in [7, 11) is 0. The molecule has 0 rings (SSSR count). The molecule has 0 aliphatic rings. The molecule has 0 bridgehead atoms. The summed E-state index contributed by atoms with van der Waals surface area (Å²) >= 11 is 0. The number of rotatable bonds is 47. The maximum atomic E-state index is 12.8. The fraction of sp³-hybridized carbons (Fsp3) is 0.623. The van der Waals surface area contributed by atoms with Gasteiger partial charge in [0, 0.05) is 19.3 Å². The van der Waals surface area contributed by atoms with Crippen molar-refractivity contribution in [2.75, 3.05) is 13.2 Å². The summed E-state index contributed by atoms with van der Waals surface area (Å²) in [6.45, 7) is 6.44. The highest BCUT2D eigenvalue weighted by molar-refractivity contribution is 5.71. The fourth-order valence-electron chi connectivity index (χ4n) is 6.80. The van der Waals surface area contributed by atoms with Gasteiger partial charge in [-0.3, -0.25) is 14.4 Å². The minimum Gasteiger partial charge on any atom is -0.462 e. The van der Waals surface area contributed by atoms with Crippen LogP contribution >= 0.6 is 0 Å². The number of esters is 3. The average molecular weight is 927 g/mol. The van der Waals surface area contributed by atoms with Crippen molar-refractivity contribution >= 4 is 17.9 Å². The van der Waals surface area contributed by atoms with Gasteiger partial charge in [0.2, 0.25) is 0 Å². The molecule has 0 fully saturated rings. The minimum absolute atomic E-state index is 0.127. The van der Waals surface area contributed by atoms with E-state index >= 15 is 0 Å². The van der Waals surface area contributed by atoms with E-state index < -0.39 is 6.10 Å². The summed E-state index contributed by atoms with van der Waals surface area (Å²) in [5.41, 5.74) is 0. The molecular formula is C61H98O6. The number of hydrogen-bond donors (Lipinski definition) is 0. The van der Waals surface area contributed by atoms with Crippen LogP contribution < -0.4 is 0 Å². The lowest BCUT2D eigenvalue weighted by molar-refractivity contribution is -0.167. The topological polar surface area (TPSA) is 78.9 Å². The van der Waals surface area contributed by atoms with Crippen molar-refractivity contribution in [3.8, 4) is 0 Å². The van der Waals surface area contributed by atoms with Gasteiger partial charge in [0.15, 0.2) is 6.10 Å². The van der Waals surface area contributed by atoms with E-state index in [9.17, 15) is 14.4 Å². The third-order valence-electron chi connectivity index (χ3n) is 10.9. The van der Waals surface area contributed by atoms with Crippen LogP contribution in [0.25, 0.3) is 0 Å². The molecule has 6 heteroatoms. The van der Waals surface area contributed by atoms with Gasteiger partial charge in [0.25, 0.3) is 0 Å². The van der Waals surface area contributed by atoms with E-state index in [0.29, 0.717) is 19.3 Å². The first-order valence-corrected chi connectivity index (χ1v) is 27.0. The van der Waals surface area contributed by atoms with Gasteiger partial charge in [-0.1, -0.05) is 194 Å². The lowest BCUT2D eigenvalue weighted by Gasteiger charge is -2.18. The van der Waals surface area contributed by atoms with Crippen LogP contribution in [0.2, 0.25) is 0 Å². The van der Waals surface area contributed by atoms with Crippen LogP contribution in [0.3, 0.4) is 0 Å². The van der Waals surface area contributed by atoms with E-state index in [0.717, 1.165) is 96.3 Å². The normalized spacial score (nSPS) is 13.1. The van der Waals surface area contributed by atoms with E-state index in [-0.39, 0.29) is 44.0 Å². The summed E-state index contributed by atoms with van der Waals surface area (Å²) in [5.74, 6) is -1.05. The molecule has 0 heterocycles. The predicted octanol–water partition coefficient (Wildman–Crippen LogP) is 18.1. The molecule has 0 N–H and O–H groups in total. The zero-order valence-corrected chi connectivity index (χ0v) is 43.1. The Kier molecular flexibility index (Phi) is 51.0. The van der Waals surface area contributed by atoms with Gasteiger partial charge < -0.3 is 14.2 Å². The summed E-state index contributed by atoms with van der Waals surface area (Å²) < 4.78 is 16.7. The first-order chi connectivity index (χ1) is 33.0. The van der Waals surface area contributed by atoms with Crippen LogP contribution in [0.5, 0.6) is 0 Å². The highest BCUT2D eigenvalue weighted by atomic mass is 16.6. The Morgan fingerprint density at radius 3 is 0.910 bits per heavy atom. The standard InChI is InChI=1S/C61H98O6/c1-4-7-10-13-16-19-22-25-28-30-33-36-39-42-45-48-51-54-60(63)66-57-58(56-65-59(62)53-50-47-44-41-38-35-32-27-24-21-18-15-12-9-6-3)67-61(64)55-52-49-46-43-40-37-34-31-29-26-23-20-17-14-11-8-5-2/h16-21,25-29,32-34,36-38,41-42,45,58H,4-15,22-24,30-31,35,39-40,43-44,46-57H2,1-3H3/b19-16-,20-17-,21-18-,28-25-,29-26-,32-27-,36-33-,37-34-,41-38-,45-42-/t58-/m0/s1. The molecule has 0 aromatic rings. The van der Waals surface area contributed by atoms with Gasteiger partial charge in [0.05, 0.1) is 0 Å². The van der Waals surface area contributed by atoms with Crippen LogP contribution in [0.1, 0.15) is 226 Å². The second-order valence-electron chi connectivity index (χ2n) is 17.4. The zero-order chi connectivity index (χ0) is 48.6. The zero-order valence-electron chi connectivity index (χ0n) is 43.1. The maximum Gasteiger partial charge on any atom is 0.306 e. The van der Waals surface area contributed by atoms with Crippen molar-refractivity contribution in [3.63, 3.8) is 0 Å². The summed E-state index contributed by atoms with van der Waals surface area (Å²) in [5, 5.41) is 0. The monoisotopic (exact) mass is 927 g/mol. The van der Waals surface area contributed by atoms with Gasteiger partial charge in [0.1, 0.15) is 13.2 Å². The van der Waals surface area contributed by atoms with E-state index in [2.05, 4.69) is 142 Å². The smallest absolute Gasteiger partial charge is 0.306 e. The lowest BCUT2D eigenvalue weighted by atomic mass is 10.1. The number of carbonyl (C=O) groups is 3. The number of carbonyl (C=O) groups excluding carboxylic acids is 3. The van der Waals surface area contributed by atoms with Crippen LogP contribution in [-0.4, -0.2) is 37.2 Å². The van der Waals surface area contributed by atoms with Gasteiger partial charge in [-0.25, -0.2) is 0 Å². The Balaban J connectivity index is 4.60. The van der Waals surface area contributed by atoms with Crippen molar-refractivity contribution in [3.05, 3.63) is 122 Å². The quantitative estimate of drug-likeness (QED) is 0.0262. The number of hydrogen-bond acceptors (Lipinski definition) is 6. The molecule has 0 unspecified atom stereocenters. The first-order valence-electron chi connectivity index (χ1n) is 27.0. The molecule has 0 saturated carbocycles. The van der Waals surface area contributed by atoms with Crippen LogP contribution in [0, 0.1) is 0 Å². The van der Waals surface area contributed by atoms with Crippen molar-refractivity contribution in [2.24, 2.45) is 0 Å². The Labute approximate surface area is 412 Å². The molecule has 0 aliphatic heterocycles. The third kappa shape index (κ3) is 52.6. The second kappa shape index (κ2) is 54.4. The van der Waals surface area contributed by atoms with Crippen molar-refractivity contribution < 1.29 is 28.6 Å². The highest BCUT2D eigenvalue weighted by Crippen LogP contribution is 2.11. The SMILES string of the molecule is CCCCC/C=C\C/C=C\C/C=C\C/C=C\CCCC(=O)OC[C@H](COC(=O)CCCC/C=C\C/C=C\C/C=C\CCCCC)OC(=O)CCCCCC/C=C\C/C=C\C/C=C\CCCCC. The molecule has 0 aliphatic carbocycles. The highest BCUT2D eigenvalue weighted by Gasteiger charge is 2.19. The molecular weight excluding hydrogens is 829 g/mol. The molecule has 0 saturated heterocycles. The van der Waals surface area contributed by atoms with Gasteiger partial charge in [-0.2, -0.15) is 0 Å². The largest absolute Gasteiger partial charge is 0.462 e. The van der Waals surface area contributed by atoms with Crippen LogP contribution in [-0.2, 0) is 28.6 Å². The van der Waals surface area contributed by atoms with E-state index in [1.807, 2.05) is 0 Å². The number of unbranched alkanes of at least 4 members (excludes halogenated alkanes) is 16. The Morgan fingerprint density at radius 1 is 0.299 bits per heavy atom. The molecule has 67 heavy (non-hydrogen) atoms. The molecule has 1 atom stereocenters. The third-order valence-corrected chi connectivity index (χ3v) is 10.9. The van der Waals surface area contributed by atoms with Gasteiger partial charge >= 0.3 is 17.9 Å². The molecule has 6 nitrogen and oxygen atoms in total. The summed E-state index contributed by atoms with van der Waals surface area (Å²) in [4.78, 5) is 38.0. The Hall–Kier alpha value is -4.19. The summed E-state index contributed by atoms with van der Waals surface area (Å²) in [6, 6.07) is 0. The molecule has 378 valence electrons. The Bertz CT molecular complexity index is 1440. The Morgan fingerprint density at radius 2 is 0.552 bits per heavy atom. The molecule has 0 spiro atoms. The predicted molar refractivity (Wildman–Crippen MR) is 288 cm³/mol. The van der Waals surface area contributed by atoms with Crippen molar-refractivity contribution in [1.29, 1.82) is 0 Å². The second-order valence-corrected chi connectivity index (χ2v) is 17.4. The molecule has 0 aromatic heterocycles.